The van der Waals surface area contributed by atoms with Gasteiger partial charge in [-0.2, -0.15) is 5.10 Å². The van der Waals surface area contributed by atoms with Crippen molar-refractivity contribution in [2.75, 3.05) is 0 Å². The number of hydrazone groups is 1. The zero-order valence-electron chi connectivity index (χ0n) is 9.29. The van der Waals surface area contributed by atoms with Gasteiger partial charge < -0.3 is 0 Å². The maximum atomic E-state index is 11.2. The van der Waals surface area contributed by atoms with Gasteiger partial charge in [0.2, 0.25) is 0 Å². The Morgan fingerprint density at radius 1 is 1.38 bits per heavy atom. The molecule has 0 saturated heterocycles. The van der Waals surface area contributed by atoms with Crippen LogP contribution in [0.15, 0.2) is 41.5 Å². The summed E-state index contributed by atoms with van der Waals surface area (Å²) in [6, 6.07) is 8.22. The van der Waals surface area contributed by atoms with Crippen molar-refractivity contribution in [3.8, 4) is 0 Å². The predicted octanol–water partition coefficient (Wildman–Crippen LogP) is 2.03. The highest BCUT2D eigenvalue weighted by Gasteiger charge is 2.16. The van der Waals surface area contributed by atoms with Crippen molar-refractivity contribution in [2.45, 2.75) is 19.8 Å². The molecular weight excluding hydrogens is 200 g/mol. The van der Waals surface area contributed by atoms with Crippen LogP contribution in [0.1, 0.15) is 24.5 Å². The molecule has 3 nitrogen and oxygen atoms in total. The minimum Gasteiger partial charge on any atom is -0.268 e. The lowest BCUT2D eigenvalue weighted by molar-refractivity contribution is -0.117. The minimum atomic E-state index is -0.186. The highest BCUT2D eigenvalue weighted by Crippen LogP contribution is 2.14. The van der Waals surface area contributed by atoms with Gasteiger partial charge in [-0.15, -0.1) is 0 Å². The Hall–Kier alpha value is -1.90. The van der Waals surface area contributed by atoms with Crippen LogP contribution in [0.4, 0.5) is 0 Å². The Morgan fingerprint density at radius 2 is 2.06 bits per heavy atom. The van der Waals surface area contributed by atoms with Crippen LogP contribution in [0.2, 0.25) is 0 Å². The number of carbonyl (C=O) groups excluding carboxylic acids is 1. The summed E-state index contributed by atoms with van der Waals surface area (Å²) in [5.41, 5.74) is 6.22. The predicted molar refractivity (Wildman–Crippen MR) is 64.3 cm³/mol. The van der Waals surface area contributed by atoms with E-state index in [9.17, 15) is 4.79 Å². The van der Waals surface area contributed by atoms with Crippen LogP contribution in [-0.4, -0.2) is 11.6 Å². The molecule has 0 unspecified atom stereocenters. The zero-order valence-corrected chi connectivity index (χ0v) is 9.29. The molecule has 2 rings (SSSR count). The van der Waals surface area contributed by atoms with Gasteiger partial charge in [0, 0.05) is 12.0 Å². The van der Waals surface area contributed by atoms with Gasteiger partial charge in [-0.25, -0.2) is 5.43 Å². The van der Waals surface area contributed by atoms with Crippen LogP contribution in [0.3, 0.4) is 0 Å². The summed E-state index contributed by atoms with van der Waals surface area (Å²) in [5, 5.41) is 4.04. The Kier molecular flexibility index (Phi) is 2.86. The van der Waals surface area contributed by atoms with E-state index in [0.29, 0.717) is 12.0 Å². The van der Waals surface area contributed by atoms with Crippen LogP contribution in [0.25, 0.3) is 0 Å². The number of rotatable bonds is 2. The van der Waals surface area contributed by atoms with E-state index < -0.39 is 0 Å². The number of hydrogen-bond donors (Lipinski definition) is 1. The van der Waals surface area contributed by atoms with E-state index in [0.717, 1.165) is 17.7 Å². The average molecular weight is 214 g/mol. The lowest BCUT2D eigenvalue weighted by Crippen LogP contribution is -2.28. The van der Waals surface area contributed by atoms with E-state index >= 15 is 0 Å². The molecule has 0 spiro atoms. The molecule has 82 valence electrons. The van der Waals surface area contributed by atoms with Gasteiger partial charge in [0.05, 0.1) is 5.71 Å². The second kappa shape index (κ2) is 4.31. The molecule has 1 heterocycles. The quantitative estimate of drug-likeness (QED) is 0.752. The van der Waals surface area contributed by atoms with Gasteiger partial charge in [0.1, 0.15) is 0 Å². The number of benzene rings is 1. The van der Waals surface area contributed by atoms with E-state index in [1.54, 1.807) is 0 Å². The molecule has 0 saturated carbocycles. The Bertz CT molecular complexity index is 457. The highest BCUT2D eigenvalue weighted by molar-refractivity contribution is 6.10. The average Bonchev–Trinajstić information content (AvgIpc) is 2.33. The molecule has 0 aliphatic carbocycles. The Morgan fingerprint density at radius 3 is 2.62 bits per heavy atom. The first kappa shape index (κ1) is 10.6. The molecule has 0 radical (unpaired) electrons. The van der Waals surface area contributed by atoms with E-state index in [1.807, 2.05) is 12.1 Å². The highest BCUT2D eigenvalue weighted by atomic mass is 16.2. The van der Waals surface area contributed by atoms with Crippen LogP contribution in [0, 0.1) is 0 Å². The standard InChI is InChI=1S/C13H14N2O/c1-3-10-4-6-11(7-5-10)12-8-9(2)13(16)15-14-12/h4-7H,2-3,8H2,1H3,(H,15,16). The van der Waals surface area contributed by atoms with Gasteiger partial charge in [-0.1, -0.05) is 37.8 Å². The first-order valence-electron chi connectivity index (χ1n) is 5.34. The van der Waals surface area contributed by atoms with Gasteiger partial charge >= 0.3 is 0 Å². The number of hydrogen-bond acceptors (Lipinski definition) is 2. The molecule has 16 heavy (non-hydrogen) atoms. The summed E-state index contributed by atoms with van der Waals surface area (Å²) in [4.78, 5) is 11.2. The number of nitrogens with zero attached hydrogens (tertiary/aromatic N) is 1. The first-order chi connectivity index (χ1) is 7.70. The van der Waals surface area contributed by atoms with Crippen LogP contribution < -0.4 is 5.43 Å². The number of carbonyl (C=O) groups is 1. The zero-order chi connectivity index (χ0) is 11.5. The molecule has 1 aliphatic rings. The van der Waals surface area contributed by atoms with Crippen molar-refractivity contribution < 1.29 is 4.79 Å². The smallest absolute Gasteiger partial charge is 0.267 e. The van der Waals surface area contributed by atoms with Crippen LogP contribution >= 0.6 is 0 Å². The number of aryl methyl sites for hydroxylation is 1. The van der Waals surface area contributed by atoms with Crippen molar-refractivity contribution in [1.82, 2.24) is 5.43 Å². The molecule has 1 amide bonds. The normalized spacial score (nSPS) is 15.7. The summed E-state index contributed by atoms with van der Waals surface area (Å²) in [6.07, 6.45) is 1.55. The van der Waals surface area contributed by atoms with E-state index in [4.69, 9.17) is 0 Å². The molecule has 1 aromatic carbocycles. The fourth-order valence-corrected chi connectivity index (χ4v) is 1.62. The topological polar surface area (TPSA) is 41.5 Å². The van der Waals surface area contributed by atoms with E-state index in [1.165, 1.54) is 5.56 Å². The van der Waals surface area contributed by atoms with Crippen molar-refractivity contribution in [3.05, 3.63) is 47.5 Å². The van der Waals surface area contributed by atoms with Crippen molar-refractivity contribution >= 4 is 11.6 Å². The Labute approximate surface area is 94.9 Å². The molecular formula is C13H14N2O. The fourth-order valence-electron chi connectivity index (χ4n) is 1.62. The largest absolute Gasteiger partial charge is 0.268 e. The summed E-state index contributed by atoms with van der Waals surface area (Å²) in [6.45, 7) is 5.83. The van der Waals surface area contributed by atoms with Crippen LogP contribution in [-0.2, 0) is 11.2 Å². The second-order valence-corrected chi connectivity index (χ2v) is 3.83. The lowest BCUT2D eigenvalue weighted by atomic mass is 10.00. The van der Waals surface area contributed by atoms with E-state index in [2.05, 4.69) is 36.2 Å². The number of nitrogens with one attached hydrogen (secondary N) is 1. The molecule has 3 heteroatoms. The van der Waals surface area contributed by atoms with Gasteiger partial charge in [0.15, 0.2) is 0 Å². The third-order valence-electron chi connectivity index (χ3n) is 2.69. The monoisotopic (exact) mass is 214 g/mol. The minimum absolute atomic E-state index is 0.186. The molecule has 0 aromatic heterocycles. The summed E-state index contributed by atoms with van der Waals surface area (Å²) >= 11 is 0. The summed E-state index contributed by atoms with van der Waals surface area (Å²) < 4.78 is 0. The van der Waals surface area contributed by atoms with Crippen LogP contribution in [0.5, 0.6) is 0 Å². The van der Waals surface area contributed by atoms with E-state index in [-0.39, 0.29) is 5.91 Å². The van der Waals surface area contributed by atoms with Gasteiger partial charge in [0.25, 0.3) is 5.91 Å². The summed E-state index contributed by atoms with van der Waals surface area (Å²) in [5.74, 6) is -0.186. The molecule has 1 aromatic rings. The first-order valence-corrected chi connectivity index (χ1v) is 5.34. The second-order valence-electron chi connectivity index (χ2n) is 3.83. The van der Waals surface area contributed by atoms with Crippen molar-refractivity contribution in [3.63, 3.8) is 0 Å². The third-order valence-corrected chi connectivity index (χ3v) is 2.69. The molecule has 0 fully saturated rings. The lowest BCUT2D eigenvalue weighted by Gasteiger charge is -2.14. The molecule has 1 aliphatic heterocycles. The van der Waals surface area contributed by atoms with Crippen molar-refractivity contribution in [1.29, 1.82) is 0 Å². The molecule has 0 bridgehead atoms. The van der Waals surface area contributed by atoms with Crippen molar-refractivity contribution in [2.24, 2.45) is 5.10 Å². The fraction of sp³-hybridized carbons (Fsp3) is 0.231. The molecule has 0 atom stereocenters. The molecule has 1 N–H and O–H groups in total. The third kappa shape index (κ3) is 2.03. The maximum absolute atomic E-state index is 11.2. The number of amides is 1. The maximum Gasteiger partial charge on any atom is 0.267 e. The van der Waals surface area contributed by atoms with Gasteiger partial charge in [-0.3, -0.25) is 4.79 Å². The Balaban J connectivity index is 2.24. The van der Waals surface area contributed by atoms with Gasteiger partial charge in [-0.05, 0) is 17.5 Å². The SMILES string of the molecule is C=C1CC(c2ccc(CC)cc2)=NNC1=O. The summed E-state index contributed by atoms with van der Waals surface area (Å²) in [7, 11) is 0.